The molecule has 0 aliphatic heterocycles. The van der Waals surface area contributed by atoms with E-state index in [1.807, 2.05) is 41.0 Å². The molecule has 4 aromatic rings. The van der Waals surface area contributed by atoms with Gasteiger partial charge in [-0.25, -0.2) is 4.98 Å². The molecule has 4 rings (SSSR count). The van der Waals surface area contributed by atoms with Gasteiger partial charge < -0.3 is 9.88 Å². The van der Waals surface area contributed by atoms with Gasteiger partial charge >= 0.3 is 0 Å². The molecule has 0 saturated carbocycles. The first-order valence-corrected chi connectivity index (χ1v) is 9.09. The zero-order valence-corrected chi connectivity index (χ0v) is 15.4. The topological polar surface area (TPSA) is 46.9 Å². The van der Waals surface area contributed by atoms with Gasteiger partial charge in [0.15, 0.2) is 0 Å². The summed E-state index contributed by atoms with van der Waals surface area (Å²) >= 11 is 6.14. The number of rotatable bonds is 5. The van der Waals surface area contributed by atoms with Crippen LogP contribution < -0.4 is 5.32 Å². The summed E-state index contributed by atoms with van der Waals surface area (Å²) in [7, 11) is 0. The molecule has 2 heterocycles. The van der Waals surface area contributed by atoms with Gasteiger partial charge in [-0.1, -0.05) is 42.4 Å². The Kier molecular flexibility index (Phi) is 4.65. The van der Waals surface area contributed by atoms with E-state index in [1.54, 1.807) is 12.4 Å². The van der Waals surface area contributed by atoms with Crippen molar-refractivity contribution in [3.8, 4) is 0 Å². The molecule has 0 unspecified atom stereocenters. The summed E-state index contributed by atoms with van der Waals surface area (Å²) in [6, 6.07) is 17.4. The molecule has 2 aromatic carbocycles. The van der Waals surface area contributed by atoms with Gasteiger partial charge in [-0.15, -0.1) is 0 Å². The van der Waals surface area contributed by atoms with E-state index in [-0.39, 0.29) is 5.91 Å². The summed E-state index contributed by atoms with van der Waals surface area (Å²) in [5.41, 5.74) is 3.67. The number of halogens is 1. The first kappa shape index (κ1) is 17.3. The van der Waals surface area contributed by atoms with Gasteiger partial charge in [-0.3, -0.25) is 4.79 Å². The maximum Gasteiger partial charge on any atom is 0.251 e. The molecule has 5 heteroatoms. The number of pyridine rings is 1. The van der Waals surface area contributed by atoms with Crippen LogP contribution in [0.4, 0.5) is 0 Å². The predicted octanol–water partition coefficient (Wildman–Crippen LogP) is 4.92. The largest absolute Gasteiger partial charge is 0.352 e. The van der Waals surface area contributed by atoms with Gasteiger partial charge in [0.2, 0.25) is 0 Å². The van der Waals surface area contributed by atoms with E-state index in [0.29, 0.717) is 17.1 Å². The van der Waals surface area contributed by atoms with E-state index in [4.69, 9.17) is 11.6 Å². The number of hydrogen-bond donors (Lipinski definition) is 1. The Morgan fingerprint density at radius 1 is 1.15 bits per heavy atom. The summed E-state index contributed by atoms with van der Waals surface area (Å²) in [5.74, 6) is -0.0593. The SMILES string of the molecule is C=Cn1c2ccc(CCNC(=O)c3ccccc3)cc2c2cc(Cl)cnc21. The number of carbonyl (C=O) groups excluding carboxylic acids is 1. The van der Waals surface area contributed by atoms with Gasteiger partial charge in [0.05, 0.1) is 10.5 Å². The second-order valence-corrected chi connectivity index (χ2v) is 6.74. The molecule has 4 nitrogen and oxygen atoms in total. The first-order valence-electron chi connectivity index (χ1n) is 8.71. The molecule has 0 radical (unpaired) electrons. The van der Waals surface area contributed by atoms with Gasteiger partial charge in [0.1, 0.15) is 5.65 Å². The third-order valence-corrected chi connectivity index (χ3v) is 4.80. The predicted molar refractivity (Wildman–Crippen MR) is 111 cm³/mol. The molecule has 0 aliphatic carbocycles. The molecule has 0 fully saturated rings. The van der Waals surface area contributed by atoms with E-state index in [9.17, 15) is 4.79 Å². The lowest BCUT2D eigenvalue weighted by Crippen LogP contribution is -2.25. The second-order valence-electron chi connectivity index (χ2n) is 6.30. The molecule has 0 atom stereocenters. The first-order chi connectivity index (χ1) is 13.2. The number of fused-ring (bicyclic) bond motifs is 3. The van der Waals surface area contributed by atoms with Crippen LogP contribution in [0.25, 0.3) is 28.1 Å². The molecule has 1 amide bonds. The zero-order valence-electron chi connectivity index (χ0n) is 14.7. The third-order valence-electron chi connectivity index (χ3n) is 4.59. The van der Waals surface area contributed by atoms with Crippen LogP contribution in [0.3, 0.4) is 0 Å². The lowest BCUT2D eigenvalue weighted by atomic mass is 10.1. The minimum absolute atomic E-state index is 0.0593. The van der Waals surface area contributed by atoms with Crippen LogP contribution in [0, 0.1) is 0 Å². The van der Waals surface area contributed by atoms with Crippen molar-refractivity contribution >= 4 is 45.6 Å². The Morgan fingerprint density at radius 2 is 1.96 bits per heavy atom. The highest BCUT2D eigenvalue weighted by atomic mass is 35.5. The number of nitrogens with one attached hydrogen (secondary N) is 1. The summed E-state index contributed by atoms with van der Waals surface area (Å²) in [6.45, 7) is 4.46. The fraction of sp³-hybridized carbons (Fsp3) is 0.0909. The highest BCUT2D eigenvalue weighted by Crippen LogP contribution is 2.30. The smallest absolute Gasteiger partial charge is 0.251 e. The van der Waals surface area contributed by atoms with Crippen LogP contribution >= 0.6 is 11.6 Å². The highest BCUT2D eigenvalue weighted by Gasteiger charge is 2.11. The Bertz CT molecular complexity index is 1150. The third kappa shape index (κ3) is 3.32. The van der Waals surface area contributed by atoms with Crippen LogP contribution in [-0.2, 0) is 6.42 Å². The summed E-state index contributed by atoms with van der Waals surface area (Å²) in [4.78, 5) is 16.6. The maximum absolute atomic E-state index is 12.2. The lowest BCUT2D eigenvalue weighted by Gasteiger charge is -2.06. The van der Waals surface area contributed by atoms with Gasteiger partial charge in [0.25, 0.3) is 5.91 Å². The molecule has 27 heavy (non-hydrogen) atoms. The van der Waals surface area contributed by atoms with E-state index in [2.05, 4.69) is 35.1 Å². The van der Waals surface area contributed by atoms with Crippen molar-refractivity contribution < 1.29 is 4.79 Å². The van der Waals surface area contributed by atoms with Crippen LogP contribution in [0.5, 0.6) is 0 Å². The quantitative estimate of drug-likeness (QED) is 0.538. The fourth-order valence-corrected chi connectivity index (χ4v) is 3.46. The minimum atomic E-state index is -0.0593. The Morgan fingerprint density at radius 3 is 2.74 bits per heavy atom. The molecule has 0 saturated heterocycles. The molecular formula is C22H18ClN3O. The lowest BCUT2D eigenvalue weighted by molar-refractivity contribution is 0.0954. The zero-order chi connectivity index (χ0) is 18.8. The summed E-state index contributed by atoms with van der Waals surface area (Å²) in [5, 5.41) is 5.64. The molecule has 2 aromatic heterocycles. The van der Waals surface area contributed by atoms with Crippen molar-refractivity contribution in [3.63, 3.8) is 0 Å². The van der Waals surface area contributed by atoms with Crippen LogP contribution in [0.2, 0.25) is 5.02 Å². The Balaban J connectivity index is 1.58. The highest BCUT2D eigenvalue weighted by molar-refractivity contribution is 6.31. The van der Waals surface area contributed by atoms with Crippen molar-refractivity contribution in [2.45, 2.75) is 6.42 Å². The second kappa shape index (κ2) is 7.25. The van der Waals surface area contributed by atoms with Crippen molar-refractivity contribution in [1.29, 1.82) is 0 Å². The number of aromatic nitrogens is 2. The molecular weight excluding hydrogens is 358 g/mol. The van der Waals surface area contributed by atoms with Gasteiger partial charge in [-0.05, 0) is 42.3 Å². The van der Waals surface area contributed by atoms with Crippen molar-refractivity contribution in [2.24, 2.45) is 0 Å². The Hall–Kier alpha value is -3.11. The normalized spacial score (nSPS) is 11.0. The van der Waals surface area contributed by atoms with Gasteiger partial charge in [0, 0.05) is 35.3 Å². The maximum atomic E-state index is 12.2. The Labute approximate surface area is 162 Å². The van der Waals surface area contributed by atoms with Crippen molar-refractivity contribution in [2.75, 3.05) is 6.54 Å². The van der Waals surface area contributed by atoms with Gasteiger partial charge in [-0.2, -0.15) is 0 Å². The molecule has 1 N–H and O–H groups in total. The van der Waals surface area contributed by atoms with E-state index < -0.39 is 0 Å². The van der Waals surface area contributed by atoms with E-state index in [0.717, 1.165) is 33.9 Å². The van der Waals surface area contributed by atoms with Crippen LogP contribution in [0.1, 0.15) is 15.9 Å². The van der Waals surface area contributed by atoms with Crippen LogP contribution in [-0.4, -0.2) is 22.0 Å². The monoisotopic (exact) mass is 375 g/mol. The number of benzene rings is 2. The number of nitrogens with zero attached hydrogens (tertiary/aromatic N) is 2. The standard InChI is InChI=1S/C22H18ClN3O/c1-2-26-20-9-8-15(10-11-24-22(27)16-6-4-3-5-7-16)12-18(20)19-13-17(23)14-25-21(19)26/h2-9,12-14H,1,10-11H2,(H,24,27). The van der Waals surface area contributed by atoms with Crippen LogP contribution in [0.15, 0.2) is 67.4 Å². The minimum Gasteiger partial charge on any atom is -0.352 e. The van der Waals surface area contributed by atoms with Crippen molar-refractivity contribution in [3.05, 3.63) is 83.5 Å². The fourth-order valence-electron chi connectivity index (χ4n) is 3.30. The molecule has 0 aliphatic rings. The average Bonchev–Trinajstić information content (AvgIpc) is 3.01. The molecule has 134 valence electrons. The number of carbonyl (C=O) groups is 1. The average molecular weight is 376 g/mol. The molecule has 0 spiro atoms. The number of amides is 1. The number of hydrogen-bond acceptors (Lipinski definition) is 2. The van der Waals surface area contributed by atoms with Crippen molar-refractivity contribution in [1.82, 2.24) is 14.9 Å². The summed E-state index contributed by atoms with van der Waals surface area (Å²) in [6.07, 6.45) is 4.14. The molecule has 0 bridgehead atoms. The summed E-state index contributed by atoms with van der Waals surface area (Å²) < 4.78 is 1.96. The van der Waals surface area contributed by atoms with E-state index in [1.165, 1.54) is 0 Å². The van der Waals surface area contributed by atoms with E-state index >= 15 is 0 Å².